The molecule has 5 rings (SSSR count). The van der Waals surface area contributed by atoms with Crippen LogP contribution in [0.5, 0.6) is 0 Å². The number of aryl methyl sites for hydroxylation is 1. The summed E-state index contributed by atoms with van der Waals surface area (Å²) in [5.41, 5.74) is 6.40. The second-order valence-electron chi connectivity index (χ2n) is 8.22. The van der Waals surface area contributed by atoms with Gasteiger partial charge in [0.2, 0.25) is 6.39 Å². The van der Waals surface area contributed by atoms with E-state index in [9.17, 15) is 0 Å². The summed E-state index contributed by atoms with van der Waals surface area (Å²) in [6.07, 6.45) is 6.92. The van der Waals surface area contributed by atoms with Gasteiger partial charge in [-0.1, -0.05) is 35.9 Å². The second kappa shape index (κ2) is 8.86. The fraction of sp³-hybridized carbons (Fsp3) is 0.320. The van der Waals surface area contributed by atoms with Crippen molar-refractivity contribution in [2.45, 2.75) is 26.2 Å². The van der Waals surface area contributed by atoms with Crippen molar-refractivity contribution in [3.8, 4) is 22.6 Å². The monoisotopic (exact) mass is 413 g/mol. The van der Waals surface area contributed by atoms with Gasteiger partial charge in [-0.25, -0.2) is 0 Å². The molecule has 4 aromatic rings. The van der Waals surface area contributed by atoms with Crippen LogP contribution in [0, 0.1) is 6.92 Å². The lowest BCUT2D eigenvalue weighted by atomic mass is 10.0. The quantitative estimate of drug-likeness (QED) is 0.422. The zero-order valence-electron chi connectivity index (χ0n) is 17.8. The molecule has 2 aromatic heterocycles. The van der Waals surface area contributed by atoms with Crippen molar-refractivity contribution in [1.82, 2.24) is 20.1 Å². The molecule has 1 fully saturated rings. The van der Waals surface area contributed by atoms with Crippen molar-refractivity contribution in [3.05, 3.63) is 60.6 Å². The minimum absolute atomic E-state index is 0.484. The molecule has 6 nitrogen and oxygen atoms in total. The zero-order valence-corrected chi connectivity index (χ0v) is 17.8. The number of likely N-dealkylation sites (tertiary alicyclic amines) is 1. The van der Waals surface area contributed by atoms with Gasteiger partial charge < -0.3 is 14.6 Å². The molecule has 0 saturated carbocycles. The highest BCUT2D eigenvalue weighted by Gasteiger charge is 2.16. The first kappa shape index (κ1) is 19.7. The number of nitrogens with zero attached hydrogens (tertiary/aromatic N) is 4. The maximum atomic E-state index is 5.51. The van der Waals surface area contributed by atoms with Gasteiger partial charge >= 0.3 is 0 Å². The van der Waals surface area contributed by atoms with E-state index in [0.717, 1.165) is 47.2 Å². The van der Waals surface area contributed by atoms with Gasteiger partial charge in [-0.15, -0.1) is 10.2 Å². The SMILES string of the molecule is Cc1ccc(-c2ccc3ncc(-c4nnco4)c(NCCCN4CCCC4)c3c2)cc1. The van der Waals surface area contributed by atoms with E-state index in [4.69, 9.17) is 4.42 Å². The number of hydrogen-bond acceptors (Lipinski definition) is 6. The zero-order chi connectivity index (χ0) is 21.0. The number of anilines is 1. The van der Waals surface area contributed by atoms with Gasteiger partial charge in [-0.2, -0.15) is 0 Å². The van der Waals surface area contributed by atoms with E-state index in [1.54, 1.807) is 0 Å². The van der Waals surface area contributed by atoms with E-state index in [1.165, 1.54) is 43.5 Å². The minimum atomic E-state index is 0.484. The summed E-state index contributed by atoms with van der Waals surface area (Å²) < 4.78 is 5.51. The molecule has 1 saturated heterocycles. The van der Waals surface area contributed by atoms with Crippen molar-refractivity contribution in [1.29, 1.82) is 0 Å². The molecule has 2 aromatic carbocycles. The Kier molecular flexibility index (Phi) is 5.63. The third-order valence-corrected chi connectivity index (χ3v) is 5.99. The molecule has 0 amide bonds. The molecule has 0 radical (unpaired) electrons. The summed E-state index contributed by atoms with van der Waals surface area (Å²) in [4.78, 5) is 7.20. The summed E-state index contributed by atoms with van der Waals surface area (Å²) in [6.45, 7) is 6.57. The Balaban J connectivity index is 1.49. The predicted octanol–water partition coefficient (Wildman–Crippen LogP) is 5.16. The first-order valence-corrected chi connectivity index (χ1v) is 11.0. The molecule has 1 N–H and O–H groups in total. The van der Waals surface area contributed by atoms with Crippen molar-refractivity contribution in [3.63, 3.8) is 0 Å². The molecule has 0 bridgehead atoms. The van der Waals surface area contributed by atoms with Gasteiger partial charge in [-0.05, 0) is 69.1 Å². The molecule has 3 heterocycles. The average molecular weight is 414 g/mol. The van der Waals surface area contributed by atoms with Gasteiger partial charge in [0.1, 0.15) is 0 Å². The van der Waals surface area contributed by atoms with Gasteiger partial charge in [0.25, 0.3) is 5.89 Å². The van der Waals surface area contributed by atoms with Crippen LogP contribution in [0.2, 0.25) is 0 Å². The fourth-order valence-electron chi connectivity index (χ4n) is 4.28. The Bertz CT molecular complexity index is 1150. The molecule has 0 aliphatic carbocycles. The predicted molar refractivity (Wildman–Crippen MR) is 124 cm³/mol. The first-order chi connectivity index (χ1) is 15.3. The molecule has 6 heteroatoms. The third kappa shape index (κ3) is 4.30. The molecule has 1 aliphatic heterocycles. The molecule has 0 spiro atoms. The van der Waals surface area contributed by atoms with Gasteiger partial charge in [0, 0.05) is 18.1 Å². The summed E-state index contributed by atoms with van der Waals surface area (Å²) in [5.74, 6) is 0.484. The van der Waals surface area contributed by atoms with Crippen LogP contribution in [0.4, 0.5) is 5.69 Å². The standard InChI is InChI=1S/C25H27N5O/c1-18-5-7-19(8-6-18)20-9-10-23-21(15-20)24(22(16-27-23)25-29-28-17-31-25)26-11-4-14-30-12-2-3-13-30/h5-10,15-17H,2-4,11-14H2,1H3,(H,26,27). The Morgan fingerprint density at radius 1 is 1.03 bits per heavy atom. The van der Waals surface area contributed by atoms with Crippen molar-refractivity contribution < 1.29 is 4.42 Å². The summed E-state index contributed by atoms with van der Waals surface area (Å²) >= 11 is 0. The Morgan fingerprint density at radius 3 is 2.61 bits per heavy atom. The minimum Gasteiger partial charge on any atom is -0.423 e. The fourth-order valence-corrected chi connectivity index (χ4v) is 4.28. The number of rotatable bonds is 7. The van der Waals surface area contributed by atoms with E-state index >= 15 is 0 Å². The van der Waals surface area contributed by atoms with Crippen molar-refractivity contribution >= 4 is 16.6 Å². The molecule has 1 aliphatic rings. The Hall–Kier alpha value is -3.25. The van der Waals surface area contributed by atoms with Crippen LogP contribution in [0.25, 0.3) is 33.5 Å². The summed E-state index contributed by atoms with van der Waals surface area (Å²) in [5, 5.41) is 12.7. The van der Waals surface area contributed by atoms with Gasteiger partial charge in [-0.3, -0.25) is 4.98 Å². The molecule has 31 heavy (non-hydrogen) atoms. The lowest BCUT2D eigenvalue weighted by molar-refractivity contribution is 0.337. The topological polar surface area (TPSA) is 67.1 Å². The van der Waals surface area contributed by atoms with Gasteiger partial charge in [0.05, 0.1) is 16.8 Å². The number of benzene rings is 2. The number of nitrogens with one attached hydrogen (secondary N) is 1. The third-order valence-electron chi connectivity index (χ3n) is 5.99. The smallest absolute Gasteiger partial charge is 0.251 e. The molecular formula is C25H27N5O. The molecular weight excluding hydrogens is 386 g/mol. The lowest BCUT2D eigenvalue weighted by Gasteiger charge is -2.17. The second-order valence-corrected chi connectivity index (χ2v) is 8.22. The lowest BCUT2D eigenvalue weighted by Crippen LogP contribution is -2.22. The Labute approximate surface area is 182 Å². The van der Waals surface area contributed by atoms with Crippen LogP contribution in [0.15, 0.2) is 59.5 Å². The Morgan fingerprint density at radius 2 is 1.84 bits per heavy atom. The van der Waals surface area contributed by atoms with Crippen LogP contribution < -0.4 is 5.32 Å². The molecule has 0 atom stereocenters. The number of pyridine rings is 1. The number of aromatic nitrogens is 3. The highest BCUT2D eigenvalue weighted by Crippen LogP contribution is 2.35. The van der Waals surface area contributed by atoms with Gasteiger partial charge in [0.15, 0.2) is 0 Å². The highest BCUT2D eigenvalue weighted by molar-refractivity contribution is 6.00. The van der Waals surface area contributed by atoms with E-state index in [2.05, 4.69) is 74.8 Å². The van der Waals surface area contributed by atoms with Crippen LogP contribution in [0.1, 0.15) is 24.8 Å². The van der Waals surface area contributed by atoms with E-state index in [-0.39, 0.29) is 0 Å². The number of fused-ring (bicyclic) bond motifs is 1. The van der Waals surface area contributed by atoms with Crippen molar-refractivity contribution in [2.75, 3.05) is 31.5 Å². The van der Waals surface area contributed by atoms with Crippen molar-refractivity contribution in [2.24, 2.45) is 0 Å². The van der Waals surface area contributed by atoms with Crippen LogP contribution in [-0.2, 0) is 0 Å². The van der Waals surface area contributed by atoms with Crippen LogP contribution in [-0.4, -0.2) is 46.3 Å². The van der Waals surface area contributed by atoms with E-state index < -0.39 is 0 Å². The van der Waals surface area contributed by atoms with Crippen LogP contribution >= 0.6 is 0 Å². The normalized spacial score (nSPS) is 14.4. The summed E-state index contributed by atoms with van der Waals surface area (Å²) in [7, 11) is 0. The average Bonchev–Trinajstić information content (AvgIpc) is 3.51. The largest absolute Gasteiger partial charge is 0.423 e. The van der Waals surface area contributed by atoms with Crippen LogP contribution in [0.3, 0.4) is 0 Å². The van der Waals surface area contributed by atoms with E-state index in [1.807, 2.05) is 6.20 Å². The molecule has 158 valence electrons. The maximum Gasteiger partial charge on any atom is 0.251 e. The number of hydrogen-bond donors (Lipinski definition) is 1. The highest BCUT2D eigenvalue weighted by atomic mass is 16.4. The summed E-state index contributed by atoms with van der Waals surface area (Å²) in [6, 6.07) is 15.0. The molecule has 0 unspecified atom stereocenters. The first-order valence-electron chi connectivity index (χ1n) is 11.0. The van der Waals surface area contributed by atoms with E-state index in [0.29, 0.717) is 5.89 Å². The maximum absolute atomic E-state index is 5.51.